The van der Waals surface area contributed by atoms with Gasteiger partial charge in [0.05, 0.1) is 34.9 Å². The molecule has 0 bridgehead atoms. The summed E-state index contributed by atoms with van der Waals surface area (Å²) >= 11 is 1.18. The van der Waals surface area contributed by atoms with E-state index in [0.717, 1.165) is 4.31 Å². The Morgan fingerprint density at radius 2 is 1.97 bits per heavy atom. The van der Waals surface area contributed by atoms with Gasteiger partial charge in [-0.1, -0.05) is 0 Å². The molecule has 1 aromatic carbocycles. The number of esters is 1. The molecule has 10 nitrogen and oxygen atoms in total. The van der Waals surface area contributed by atoms with Crippen LogP contribution in [-0.2, 0) is 24.3 Å². The number of carbonyl (C=O) groups excluding carboxylic acids is 2. The SMILES string of the molecule is C[C@@H](OC(=O)c1cc(S(=O)(=O)N(C)C)ccc1N1CCOCC1)C(=O)Nc1sccc1C#N. The zero-order chi connectivity index (χ0) is 24.2. The van der Waals surface area contributed by atoms with Gasteiger partial charge in [0.15, 0.2) is 6.10 Å². The number of rotatable bonds is 7. The molecule has 176 valence electrons. The number of ether oxygens (including phenoxy) is 2. The molecule has 12 heteroatoms. The smallest absolute Gasteiger partial charge is 0.341 e. The van der Waals surface area contributed by atoms with Crippen molar-refractivity contribution in [3.63, 3.8) is 0 Å². The van der Waals surface area contributed by atoms with Crippen LogP contribution < -0.4 is 10.2 Å². The number of benzene rings is 1. The van der Waals surface area contributed by atoms with Crippen LogP contribution in [0, 0.1) is 11.3 Å². The lowest BCUT2D eigenvalue weighted by Gasteiger charge is -2.30. The van der Waals surface area contributed by atoms with Gasteiger partial charge in [-0.2, -0.15) is 5.26 Å². The fourth-order valence-electron chi connectivity index (χ4n) is 3.12. The monoisotopic (exact) mass is 492 g/mol. The molecule has 1 fully saturated rings. The van der Waals surface area contributed by atoms with Crippen LogP contribution in [0.3, 0.4) is 0 Å². The van der Waals surface area contributed by atoms with E-state index in [9.17, 15) is 18.0 Å². The van der Waals surface area contributed by atoms with E-state index in [0.29, 0.717) is 42.6 Å². The topological polar surface area (TPSA) is 129 Å². The van der Waals surface area contributed by atoms with Crippen molar-refractivity contribution in [3.8, 4) is 6.07 Å². The zero-order valence-corrected chi connectivity index (χ0v) is 20.0. The highest BCUT2D eigenvalue weighted by Gasteiger charge is 2.27. The molecule has 1 saturated heterocycles. The molecule has 33 heavy (non-hydrogen) atoms. The Kier molecular flexibility index (Phi) is 7.70. The Morgan fingerprint density at radius 1 is 1.27 bits per heavy atom. The van der Waals surface area contributed by atoms with Crippen LogP contribution in [-0.4, -0.2) is 71.1 Å². The molecule has 2 heterocycles. The van der Waals surface area contributed by atoms with Crippen molar-refractivity contribution in [1.29, 1.82) is 5.26 Å². The molecule has 1 N–H and O–H groups in total. The highest BCUT2D eigenvalue weighted by molar-refractivity contribution is 7.89. The number of hydrogen-bond acceptors (Lipinski definition) is 9. The van der Waals surface area contributed by atoms with Gasteiger partial charge in [-0.05, 0) is 36.6 Å². The van der Waals surface area contributed by atoms with Gasteiger partial charge in [-0.25, -0.2) is 17.5 Å². The van der Waals surface area contributed by atoms with Crippen LogP contribution in [0.25, 0.3) is 0 Å². The fraction of sp³-hybridized carbons (Fsp3) is 0.381. The summed E-state index contributed by atoms with van der Waals surface area (Å²) in [5, 5.41) is 13.7. The minimum absolute atomic E-state index is 0.0355. The molecular formula is C21H24N4O6S2. The van der Waals surface area contributed by atoms with Crippen molar-refractivity contribution in [1.82, 2.24) is 4.31 Å². The molecule has 2 aromatic rings. The maximum atomic E-state index is 13.1. The van der Waals surface area contributed by atoms with Gasteiger partial charge >= 0.3 is 5.97 Å². The zero-order valence-electron chi connectivity index (χ0n) is 18.4. The van der Waals surface area contributed by atoms with E-state index in [4.69, 9.17) is 14.7 Å². The predicted octanol–water partition coefficient (Wildman–Crippen LogP) is 1.89. The molecule has 3 rings (SSSR count). The van der Waals surface area contributed by atoms with E-state index in [2.05, 4.69) is 5.32 Å². The third-order valence-electron chi connectivity index (χ3n) is 4.99. The van der Waals surface area contributed by atoms with Crippen LogP contribution in [0.2, 0.25) is 0 Å². The summed E-state index contributed by atoms with van der Waals surface area (Å²) in [6.45, 7) is 3.37. The maximum absolute atomic E-state index is 13.1. The normalized spacial score (nSPS) is 15.1. The number of nitrogens with zero attached hydrogens (tertiary/aromatic N) is 3. The lowest BCUT2D eigenvalue weighted by molar-refractivity contribution is -0.123. The van der Waals surface area contributed by atoms with Crippen LogP contribution in [0.1, 0.15) is 22.8 Å². The second kappa shape index (κ2) is 10.3. The first-order valence-electron chi connectivity index (χ1n) is 10.0. The van der Waals surface area contributed by atoms with E-state index >= 15 is 0 Å². The maximum Gasteiger partial charge on any atom is 0.341 e. The predicted molar refractivity (Wildman–Crippen MR) is 123 cm³/mol. The second-order valence-corrected chi connectivity index (χ2v) is 10.4. The first kappa shape index (κ1) is 24.7. The van der Waals surface area contributed by atoms with E-state index in [1.165, 1.54) is 44.5 Å². The Balaban J connectivity index is 1.87. The number of anilines is 2. The summed E-state index contributed by atoms with van der Waals surface area (Å²) in [4.78, 5) is 27.4. The van der Waals surface area contributed by atoms with Crippen molar-refractivity contribution in [3.05, 3.63) is 40.8 Å². The highest BCUT2D eigenvalue weighted by atomic mass is 32.2. The molecular weight excluding hydrogens is 468 g/mol. The number of amides is 1. The minimum Gasteiger partial charge on any atom is -0.449 e. The summed E-state index contributed by atoms with van der Waals surface area (Å²) in [6, 6.07) is 7.81. The van der Waals surface area contributed by atoms with Gasteiger partial charge in [-0.15, -0.1) is 11.3 Å². The van der Waals surface area contributed by atoms with Gasteiger partial charge < -0.3 is 19.7 Å². The Morgan fingerprint density at radius 3 is 2.61 bits per heavy atom. The number of nitriles is 1. The molecule has 1 amide bonds. The van der Waals surface area contributed by atoms with Gasteiger partial charge in [0.1, 0.15) is 11.1 Å². The summed E-state index contributed by atoms with van der Waals surface area (Å²) < 4.78 is 37.0. The summed E-state index contributed by atoms with van der Waals surface area (Å²) in [5.41, 5.74) is 0.843. The van der Waals surface area contributed by atoms with Crippen LogP contribution in [0.15, 0.2) is 34.5 Å². The molecule has 1 aliphatic heterocycles. The molecule has 0 unspecified atom stereocenters. The molecule has 0 saturated carbocycles. The van der Waals surface area contributed by atoms with Gasteiger partial charge in [0.25, 0.3) is 5.91 Å². The van der Waals surface area contributed by atoms with Crippen molar-refractivity contribution >= 4 is 43.9 Å². The molecule has 1 atom stereocenters. The Bertz CT molecular complexity index is 1180. The third-order valence-corrected chi connectivity index (χ3v) is 7.63. The van der Waals surface area contributed by atoms with Gasteiger partial charge in [0.2, 0.25) is 10.0 Å². The summed E-state index contributed by atoms with van der Waals surface area (Å²) in [5.74, 6) is -1.44. The van der Waals surface area contributed by atoms with Crippen molar-refractivity contribution in [2.75, 3.05) is 50.6 Å². The Hall–Kier alpha value is -2.98. The van der Waals surface area contributed by atoms with Crippen LogP contribution in [0.4, 0.5) is 10.7 Å². The number of morpholine rings is 1. The summed E-state index contributed by atoms with van der Waals surface area (Å²) in [6.07, 6.45) is -1.18. The molecule has 0 radical (unpaired) electrons. The fourth-order valence-corrected chi connectivity index (χ4v) is 4.78. The van der Waals surface area contributed by atoms with E-state index in [-0.39, 0.29) is 10.5 Å². The van der Waals surface area contributed by atoms with Gasteiger partial charge in [-0.3, -0.25) is 4.79 Å². The van der Waals surface area contributed by atoms with Crippen molar-refractivity contribution < 1.29 is 27.5 Å². The number of thiophene rings is 1. The lowest BCUT2D eigenvalue weighted by Crippen LogP contribution is -2.37. The number of nitrogens with one attached hydrogen (secondary N) is 1. The molecule has 0 aliphatic carbocycles. The summed E-state index contributed by atoms with van der Waals surface area (Å²) in [7, 11) is -0.996. The first-order chi connectivity index (χ1) is 15.6. The van der Waals surface area contributed by atoms with E-state index in [1.54, 1.807) is 17.5 Å². The average molecular weight is 493 g/mol. The first-order valence-corrected chi connectivity index (χ1v) is 12.4. The molecule has 1 aliphatic rings. The standard InChI is InChI=1S/C21H24N4O6S2/c1-14(19(26)23-20-15(13-22)6-11-32-20)31-21(27)17-12-16(33(28,29)24(2)3)4-5-18(17)25-7-9-30-10-8-25/h4-6,11-12,14H,7-10H2,1-3H3,(H,23,26)/t14-/m1/s1. The number of sulfonamides is 1. The lowest BCUT2D eigenvalue weighted by atomic mass is 10.1. The largest absolute Gasteiger partial charge is 0.449 e. The highest BCUT2D eigenvalue weighted by Crippen LogP contribution is 2.28. The number of hydrogen-bond donors (Lipinski definition) is 1. The van der Waals surface area contributed by atoms with Crippen molar-refractivity contribution in [2.24, 2.45) is 0 Å². The Labute approximate surface area is 196 Å². The quantitative estimate of drug-likeness (QED) is 0.580. The second-order valence-electron chi connectivity index (χ2n) is 7.38. The number of carbonyl (C=O) groups is 2. The third kappa shape index (κ3) is 5.51. The molecule has 1 aromatic heterocycles. The van der Waals surface area contributed by atoms with E-state index in [1.807, 2.05) is 11.0 Å². The van der Waals surface area contributed by atoms with Crippen LogP contribution in [0.5, 0.6) is 0 Å². The van der Waals surface area contributed by atoms with Gasteiger partial charge in [0, 0.05) is 27.2 Å². The average Bonchev–Trinajstić information content (AvgIpc) is 3.26. The van der Waals surface area contributed by atoms with Crippen molar-refractivity contribution in [2.45, 2.75) is 17.9 Å². The molecule has 0 spiro atoms. The van der Waals surface area contributed by atoms with Crippen LogP contribution >= 0.6 is 11.3 Å². The minimum atomic E-state index is -3.79. The van der Waals surface area contributed by atoms with E-state index < -0.39 is 28.0 Å².